The summed E-state index contributed by atoms with van der Waals surface area (Å²) in [6, 6.07) is 0. The minimum Gasteiger partial charge on any atom is -0.481 e. The molecule has 0 fully saturated rings. The third kappa shape index (κ3) is 4.33. The number of carboxylic acids is 1. The molecule has 7 heteroatoms. The van der Waals surface area contributed by atoms with Crippen molar-refractivity contribution in [2.75, 3.05) is 6.54 Å². The van der Waals surface area contributed by atoms with E-state index >= 15 is 0 Å². The molecule has 1 amide bonds. The van der Waals surface area contributed by atoms with E-state index < -0.39 is 5.97 Å². The van der Waals surface area contributed by atoms with E-state index in [2.05, 4.69) is 5.32 Å². The summed E-state index contributed by atoms with van der Waals surface area (Å²) in [5.41, 5.74) is 0.749. The number of hydrogen-bond acceptors (Lipinski definition) is 4. The van der Waals surface area contributed by atoms with Gasteiger partial charge in [0.2, 0.25) is 5.91 Å². The van der Waals surface area contributed by atoms with Gasteiger partial charge in [0.15, 0.2) is 0 Å². The van der Waals surface area contributed by atoms with Gasteiger partial charge >= 0.3 is 10.8 Å². The van der Waals surface area contributed by atoms with Gasteiger partial charge in [-0.2, -0.15) is 0 Å². The average molecular weight is 272 g/mol. The largest absolute Gasteiger partial charge is 0.481 e. The van der Waals surface area contributed by atoms with Crippen LogP contribution in [0.2, 0.25) is 0 Å². The smallest absolute Gasteiger partial charge is 0.307 e. The zero-order valence-electron chi connectivity index (χ0n) is 10.3. The monoisotopic (exact) mass is 272 g/mol. The third-order valence-corrected chi connectivity index (χ3v) is 3.33. The molecule has 0 radical (unpaired) electrons. The molecule has 0 saturated carbocycles. The fraction of sp³-hybridized carbons (Fsp3) is 0.545. The van der Waals surface area contributed by atoms with E-state index in [4.69, 9.17) is 5.11 Å². The first-order chi connectivity index (χ1) is 8.40. The van der Waals surface area contributed by atoms with Crippen LogP contribution < -0.4 is 10.2 Å². The van der Waals surface area contributed by atoms with Crippen molar-refractivity contribution in [3.05, 3.63) is 20.7 Å². The Morgan fingerprint density at radius 2 is 2.22 bits per heavy atom. The maximum Gasteiger partial charge on any atom is 0.307 e. The molecule has 1 heterocycles. The number of rotatable bonds is 6. The Morgan fingerprint density at radius 1 is 1.56 bits per heavy atom. The molecule has 1 aromatic rings. The SMILES string of the molecule is Cc1csc(=O)n1CC(=O)NCC(C)CC(=O)O. The van der Waals surface area contributed by atoms with Crippen LogP contribution >= 0.6 is 11.3 Å². The van der Waals surface area contributed by atoms with Gasteiger partial charge in [0.25, 0.3) is 0 Å². The Balaban J connectivity index is 2.43. The van der Waals surface area contributed by atoms with Crippen molar-refractivity contribution < 1.29 is 14.7 Å². The van der Waals surface area contributed by atoms with Crippen LogP contribution in [-0.4, -0.2) is 28.1 Å². The molecule has 0 bridgehead atoms. The molecule has 0 aliphatic rings. The summed E-state index contributed by atoms with van der Waals surface area (Å²) in [5, 5.41) is 12.9. The molecule has 1 atom stereocenters. The summed E-state index contributed by atoms with van der Waals surface area (Å²) in [6.45, 7) is 3.78. The van der Waals surface area contributed by atoms with Crippen molar-refractivity contribution >= 4 is 23.2 Å². The predicted octanol–water partition coefficient (Wildman–Crippen LogP) is 0.445. The number of aliphatic carboxylic acids is 1. The Labute approximate surface area is 108 Å². The van der Waals surface area contributed by atoms with Crippen molar-refractivity contribution in [2.24, 2.45) is 5.92 Å². The summed E-state index contributed by atoms with van der Waals surface area (Å²) in [4.78, 5) is 33.3. The number of carbonyl (C=O) groups is 2. The molecule has 0 aliphatic carbocycles. The number of hydrogen-bond donors (Lipinski definition) is 2. The van der Waals surface area contributed by atoms with E-state index in [1.807, 2.05) is 0 Å². The van der Waals surface area contributed by atoms with Crippen LogP contribution in [0.5, 0.6) is 0 Å². The van der Waals surface area contributed by atoms with Crippen molar-refractivity contribution in [2.45, 2.75) is 26.8 Å². The number of amides is 1. The Bertz CT molecular complexity index is 491. The summed E-state index contributed by atoms with van der Waals surface area (Å²) in [5.74, 6) is -1.30. The molecule has 1 unspecified atom stereocenters. The number of aryl methyl sites for hydroxylation is 1. The molecule has 2 N–H and O–H groups in total. The zero-order valence-corrected chi connectivity index (χ0v) is 11.1. The lowest BCUT2D eigenvalue weighted by molar-refractivity contribution is -0.138. The van der Waals surface area contributed by atoms with Crippen molar-refractivity contribution in [3.63, 3.8) is 0 Å². The van der Waals surface area contributed by atoms with Crippen LogP contribution in [0.1, 0.15) is 19.0 Å². The highest BCUT2D eigenvalue weighted by molar-refractivity contribution is 7.07. The second-order valence-corrected chi connectivity index (χ2v) is 5.06. The van der Waals surface area contributed by atoms with E-state index in [0.29, 0.717) is 6.54 Å². The fourth-order valence-corrected chi connectivity index (χ4v) is 2.19. The van der Waals surface area contributed by atoms with Gasteiger partial charge in [-0.3, -0.25) is 19.0 Å². The summed E-state index contributed by atoms with van der Waals surface area (Å²) < 4.78 is 1.39. The minimum atomic E-state index is -0.887. The molecule has 6 nitrogen and oxygen atoms in total. The van der Waals surface area contributed by atoms with E-state index in [1.54, 1.807) is 19.2 Å². The molecular formula is C11H16N2O4S. The number of aromatic nitrogens is 1. The summed E-state index contributed by atoms with van der Waals surface area (Å²) in [6.07, 6.45) is 0.0116. The van der Waals surface area contributed by atoms with Gasteiger partial charge in [-0.25, -0.2) is 0 Å². The van der Waals surface area contributed by atoms with Gasteiger partial charge < -0.3 is 10.4 Å². The lowest BCUT2D eigenvalue weighted by Gasteiger charge is -2.10. The first-order valence-electron chi connectivity index (χ1n) is 5.53. The maximum absolute atomic E-state index is 11.6. The molecular weight excluding hydrogens is 256 g/mol. The lowest BCUT2D eigenvalue weighted by atomic mass is 10.1. The number of thiazole rings is 1. The molecule has 0 aliphatic heterocycles. The predicted molar refractivity (Wildman–Crippen MR) is 67.7 cm³/mol. The van der Waals surface area contributed by atoms with Gasteiger partial charge in [-0.1, -0.05) is 18.3 Å². The second kappa shape index (κ2) is 6.34. The molecule has 1 rings (SSSR count). The van der Waals surface area contributed by atoms with Crippen molar-refractivity contribution in [3.8, 4) is 0 Å². The summed E-state index contributed by atoms with van der Waals surface area (Å²) in [7, 11) is 0. The van der Waals surface area contributed by atoms with Crippen molar-refractivity contribution in [1.29, 1.82) is 0 Å². The Hall–Kier alpha value is -1.63. The lowest BCUT2D eigenvalue weighted by Crippen LogP contribution is -2.34. The minimum absolute atomic E-state index is 0.0116. The highest BCUT2D eigenvalue weighted by Crippen LogP contribution is 2.01. The molecule has 18 heavy (non-hydrogen) atoms. The normalized spacial score (nSPS) is 12.1. The highest BCUT2D eigenvalue weighted by Gasteiger charge is 2.11. The van der Waals surface area contributed by atoms with E-state index in [-0.39, 0.29) is 29.7 Å². The van der Waals surface area contributed by atoms with Crippen LogP contribution in [0.25, 0.3) is 0 Å². The van der Waals surface area contributed by atoms with Crippen LogP contribution in [0.15, 0.2) is 10.2 Å². The molecule has 1 aromatic heterocycles. The van der Waals surface area contributed by atoms with Gasteiger partial charge in [-0.15, -0.1) is 0 Å². The van der Waals surface area contributed by atoms with E-state index in [0.717, 1.165) is 17.0 Å². The van der Waals surface area contributed by atoms with E-state index in [9.17, 15) is 14.4 Å². The molecule has 0 aromatic carbocycles. The number of nitrogens with one attached hydrogen (secondary N) is 1. The highest BCUT2D eigenvalue weighted by atomic mass is 32.1. The first-order valence-corrected chi connectivity index (χ1v) is 6.41. The second-order valence-electron chi connectivity index (χ2n) is 4.24. The average Bonchev–Trinajstić information content (AvgIpc) is 2.57. The van der Waals surface area contributed by atoms with E-state index in [1.165, 1.54) is 4.57 Å². The van der Waals surface area contributed by atoms with Crippen LogP contribution in [-0.2, 0) is 16.1 Å². The number of carbonyl (C=O) groups excluding carboxylic acids is 1. The molecule has 0 spiro atoms. The van der Waals surface area contributed by atoms with Gasteiger partial charge in [0, 0.05) is 24.0 Å². The van der Waals surface area contributed by atoms with Crippen LogP contribution in [0.3, 0.4) is 0 Å². The Morgan fingerprint density at radius 3 is 2.72 bits per heavy atom. The summed E-state index contributed by atoms with van der Waals surface area (Å²) >= 11 is 1.06. The Kier molecular flexibility index (Phi) is 5.08. The number of nitrogens with zero attached hydrogens (tertiary/aromatic N) is 1. The third-order valence-electron chi connectivity index (χ3n) is 2.45. The quantitative estimate of drug-likeness (QED) is 0.786. The first kappa shape index (κ1) is 14.4. The topological polar surface area (TPSA) is 88.4 Å². The van der Waals surface area contributed by atoms with Gasteiger partial charge in [-0.05, 0) is 12.8 Å². The maximum atomic E-state index is 11.6. The van der Waals surface area contributed by atoms with Crippen LogP contribution in [0, 0.1) is 12.8 Å². The van der Waals surface area contributed by atoms with Gasteiger partial charge in [0.1, 0.15) is 6.54 Å². The number of carboxylic acid groups (broad SMARTS) is 1. The zero-order chi connectivity index (χ0) is 13.7. The van der Waals surface area contributed by atoms with Crippen LogP contribution in [0.4, 0.5) is 0 Å². The fourth-order valence-electron chi connectivity index (χ4n) is 1.45. The van der Waals surface area contributed by atoms with Crippen molar-refractivity contribution in [1.82, 2.24) is 9.88 Å². The molecule has 100 valence electrons. The standard InChI is InChI=1S/C11H16N2O4S/c1-7(3-10(15)16)4-12-9(14)5-13-8(2)6-18-11(13)17/h6-7H,3-5H2,1-2H3,(H,12,14)(H,15,16). The van der Waals surface area contributed by atoms with Gasteiger partial charge in [0.05, 0.1) is 0 Å². The molecule has 0 saturated heterocycles.